The van der Waals surface area contributed by atoms with Gasteiger partial charge >= 0.3 is 5.97 Å². The standard InChI is InChI=1S/C16H19FN2O4/c1-18-15(21)11-5-6-13(16(22)23)19(9-11)14(20)8-10-3-2-4-12(17)7-10/h2-4,7,11,13H,5-6,8-9H2,1H3,(H,18,21)(H,22,23)/t11-,13-/m0/s1. The Balaban J connectivity index is 2.15. The molecule has 1 saturated heterocycles. The molecule has 0 saturated carbocycles. The van der Waals surface area contributed by atoms with Gasteiger partial charge in [0.25, 0.3) is 0 Å². The van der Waals surface area contributed by atoms with Gasteiger partial charge in [-0.25, -0.2) is 9.18 Å². The Kier molecular flexibility index (Phi) is 5.31. The van der Waals surface area contributed by atoms with Gasteiger partial charge in [-0.05, 0) is 30.5 Å². The molecule has 7 heteroatoms. The molecule has 0 aliphatic carbocycles. The van der Waals surface area contributed by atoms with Gasteiger partial charge < -0.3 is 15.3 Å². The van der Waals surface area contributed by atoms with E-state index in [0.29, 0.717) is 12.0 Å². The molecule has 1 aliphatic rings. The van der Waals surface area contributed by atoms with E-state index in [1.807, 2.05) is 0 Å². The van der Waals surface area contributed by atoms with Crippen molar-refractivity contribution < 1.29 is 23.9 Å². The van der Waals surface area contributed by atoms with Gasteiger partial charge in [0, 0.05) is 13.6 Å². The number of aliphatic carboxylic acids is 1. The third-order valence-electron chi connectivity index (χ3n) is 4.05. The van der Waals surface area contributed by atoms with Crippen molar-refractivity contribution in [3.63, 3.8) is 0 Å². The molecule has 2 atom stereocenters. The quantitative estimate of drug-likeness (QED) is 0.859. The van der Waals surface area contributed by atoms with Crippen LogP contribution in [0.5, 0.6) is 0 Å². The number of likely N-dealkylation sites (tertiary alicyclic amines) is 1. The highest BCUT2D eigenvalue weighted by Crippen LogP contribution is 2.23. The van der Waals surface area contributed by atoms with Crippen LogP contribution in [0.3, 0.4) is 0 Å². The monoisotopic (exact) mass is 322 g/mol. The molecule has 2 rings (SSSR count). The van der Waals surface area contributed by atoms with Crippen molar-refractivity contribution in [1.82, 2.24) is 10.2 Å². The molecule has 0 bridgehead atoms. The number of halogens is 1. The zero-order chi connectivity index (χ0) is 17.0. The first-order valence-corrected chi connectivity index (χ1v) is 7.40. The number of carboxylic acid groups (broad SMARTS) is 1. The lowest BCUT2D eigenvalue weighted by atomic mass is 9.91. The average Bonchev–Trinajstić information content (AvgIpc) is 2.53. The molecule has 1 fully saturated rings. The number of hydrogen-bond donors (Lipinski definition) is 2. The summed E-state index contributed by atoms with van der Waals surface area (Å²) in [6, 6.07) is 4.68. The largest absolute Gasteiger partial charge is 0.480 e. The Morgan fingerprint density at radius 1 is 1.35 bits per heavy atom. The molecule has 0 radical (unpaired) electrons. The molecule has 1 aromatic carbocycles. The second-order valence-electron chi connectivity index (χ2n) is 5.60. The minimum atomic E-state index is -1.09. The van der Waals surface area contributed by atoms with E-state index >= 15 is 0 Å². The van der Waals surface area contributed by atoms with Crippen LogP contribution in [0.2, 0.25) is 0 Å². The third-order valence-corrected chi connectivity index (χ3v) is 4.05. The number of nitrogens with one attached hydrogen (secondary N) is 1. The minimum Gasteiger partial charge on any atom is -0.480 e. The van der Waals surface area contributed by atoms with Gasteiger partial charge in [-0.1, -0.05) is 12.1 Å². The predicted octanol–water partition coefficient (Wildman–Crippen LogP) is 0.806. The van der Waals surface area contributed by atoms with Gasteiger partial charge in [-0.2, -0.15) is 0 Å². The minimum absolute atomic E-state index is 0.0603. The number of piperidine rings is 1. The predicted molar refractivity (Wildman–Crippen MR) is 80.0 cm³/mol. The lowest BCUT2D eigenvalue weighted by Gasteiger charge is -2.36. The smallest absolute Gasteiger partial charge is 0.326 e. The maximum atomic E-state index is 13.2. The maximum Gasteiger partial charge on any atom is 0.326 e. The highest BCUT2D eigenvalue weighted by molar-refractivity contribution is 5.87. The molecule has 1 aromatic rings. The summed E-state index contributed by atoms with van der Waals surface area (Å²) in [5.41, 5.74) is 0.473. The Hall–Kier alpha value is -2.44. The van der Waals surface area contributed by atoms with Crippen molar-refractivity contribution >= 4 is 17.8 Å². The van der Waals surface area contributed by atoms with Gasteiger partial charge in [0.2, 0.25) is 11.8 Å². The molecular weight excluding hydrogens is 303 g/mol. The lowest BCUT2D eigenvalue weighted by molar-refractivity contribution is -0.154. The number of carbonyl (C=O) groups is 3. The highest BCUT2D eigenvalue weighted by atomic mass is 19.1. The molecule has 6 nitrogen and oxygen atoms in total. The third kappa shape index (κ3) is 4.06. The number of nitrogens with zero attached hydrogens (tertiary/aromatic N) is 1. The van der Waals surface area contributed by atoms with Crippen molar-refractivity contribution in [3.8, 4) is 0 Å². The number of carboxylic acids is 1. The number of rotatable bonds is 4. The van der Waals surface area contributed by atoms with Crippen molar-refractivity contribution in [2.45, 2.75) is 25.3 Å². The molecule has 1 aliphatic heterocycles. The fourth-order valence-corrected chi connectivity index (χ4v) is 2.84. The first-order valence-electron chi connectivity index (χ1n) is 7.40. The normalized spacial score (nSPS) is 20.9. The van der Waals surface area contributed by atoms with Crippen LogP contribution in [0.4, 0.5) is 4.39 Å². The first-order chi connectivity index (χ1) is 10.9. The van der Waals surface area contributed by atoms with E-state index in [4.69, 9.17) is 0 Å². The topological polar surface area (TPSA) is 86.7 Å². The van der Waals surface area contributed by atoms with Gasteiger partial charge in [-0.15, -0.1) is 0 Å². The number of benzene rings is 1. The summed E-state index contributed by atoms with van der Waals surface area (Å²) in [7, 11) is 1.50. The molecule has 1 heterocycles. The lowest BCUT2D eigenvalue weighted by Crippen LogP contribution is -2.53. The van der Waals surface area contributed by atoms with Gasteiger partial charge in [-0.3, -0.25) is 9.59 Å². The van der Waals surface area contributed by atoms with E-state index < -0.39 is 29.7 Å². The summed E-state index contributed by atoms with van der Waals surface area (Å²) in [5.74, 6) is -2.60. The van der Waals surface area contributed by atoms with E-state index in [1.54, 1.807) is 6.07 Å². The molecule has 2 N–H and O–H groups in total. The summed E-state index contributed by atoms with van der Waals surface area (Å²) in [5, 5.41) is 11.8. The zero-order valence-electron chi connectivity index (χ0n) is 12.8. The van der Waals surface area contributed by atoms with Gasteiger partial charge in [0.05, 0.1) is 12.3 Å². The Bertz CT molecular complexity index is 620. The average molecular weight is 322 g/mol. The van der Waals surface area contributed by atoms with Gasteiger partial charge in [0.1, 0.15) is 11.9 Å². The van der Waals surface area contributed by atoms with Crippen LogP contribution in [0.1, 0.15) is 18.4 Å². The van der Waals surface area contributed by atoms with E-state index in [9.17, 15) is 23.9 Å². The summed E-state index contributed by atoms with van der Waals surface area (Å²) in [4.78, 5) is 36.8. The SMILES string of the molecule is CNC(=O)[C@H]1CC[C@@H](C(=O)O)N(C(=O)Cc2cccc(F)c2)C1. The van der Waals surface area contributed by atoms with Crippen molar-refractivity contribution in [2.24, 2.45) is 5.92 Å². The second kappa shape index (κ2) is 7.21. The van der Waals surface area contributed by atoms with Crippen LogP contribution in [-0.4, -0.2) is 47.4 Å². The van der Waals surface area contributed by atoms with Crippen molar-refractivity contribution in [3.05, 3.63) is 35.6 Å². The van der Waals surface area contributed by atoms with Crippen LogP contribution < -0.4 is 5.32 Å². The maximum absolute atomic E-state index is 13.2. The fourth-order valence-electron chi connectivity index (χ4n) is 2.84. The van der Waals surface area contributed by atoms with Crippen molar-refractivity contribution in [2.75, 3.05) is 13.6 Å². The molecule has 124 valence electrons. The molecule has 0 spiro atoms. The van der Waals surface area contributed by atoms with Gasteiger partial charge in [0.15, 0.2) is 0 Å². The molecular formula is C16H19FN2O4. The Morgan fingerprint density at radius 3 is 2.70 bits per heavy atom. The van der Waals surface area contributed by atoms with E-state index in [2.05, 4.69) is 5.32 Å². The van der Waals surface area contributed by atoms with Crippen LogP contribution in [0.25, 0.3) is 0 Å². The van der Waals surface area contributed by atoms with Crippen LogP contribution in [0, 0.1) is 11.7 Å². The summed E-state index contributed by atoms with van der Waals surface area (Å²) < 4.78 is 13.2. The van der Waals surface area contributed by atoms with Crippen LogP contribution in [-0.2, 0) is 20.8 Å². The number of hydrogen-bond acceptors (Lipinski definition) is 3. The summed E-state index contributed by atoms with van der Waals surface area (Å²) >= 11 is 0. The summed E-state index contributed by atoms with van der Waals surface area (Å²) in [6.07, 6.45) is 0.546. The molecule has 0 aromatic heterocycles. The van der Waals surface area contributed by atoms with E-state index in [-0.39, 0.29) is 25.3 Å². The van der Waals surface area contributed by atoms with Crippen LogP contribution in [0.15, 0.2) is 24.3 Å². The molecule has 0 unspecified atom stereocenters. The van der Waals surface area contributed by atoms with E-state index in [1.165, 1.54) is 30.1 Å². The number of carbonyl (C=O) groups excluding carboxylic acids is 2. The molecule has 23 heavy (non-hydrogen) atoms. The highest BCUT2D eigenvalue weighted by Gasteiger charge is 2.37. The first kappa shape index (κ1) is 16.9. The fraction of sp³-hybridized carbons (Fsp3) is 0.438. The Morgan fingerprint density at radius 2 is 2.09 bits per heavy atom. The molecule has 2 amide bonds. The second-order valence-corrected chi connectivity index (χ2v) is 5.60. The van der Waals surface area contributed by atoms with E-state index in [0.717, 1.165) is 0 Å². The summed E-state index contributed by atoms with van der Waals surface area (Å²) in [6.45, 7) is 0.0603. The van der Waals surface area contributed by atoms with Crippen molar-refractivity contribution in [1.29, 1.82) is 0 Å². The number of amides is 2. The zero-order valence-corrected chi connectivity index (χ0v) is 12.8. The van der Waals surface area contributed by atoms with Crippen LogP contribution >= 0.6 is 0 Å². The Labute approximate surface area is 133 Å².